The molecule has 10 heteroatoms. The second kappa shape index (κ2) is 12.0. The van der Waals surface area contributed by atoms with Crippen molar-refractivity contribution in [3.8, 4) is 5.69 Å². The van der Waals surface area contributed by atoms with Crippen LogP contribution in [0.15, 0.2) is 144 Å². The van der Waals surface area contributed by atoms with E-state index >= 15 is 0 Å². The molecule has 0 saturated heterocycles. The van der Waals surface area contributed by atoms with E-state index in [4.69, 9.17) is 0 Å². The van der Waals surface area contributed by atoms with E-state index in [1.54, 1.807) is 42.0 Å². The molecule has 0 radical (unpaired) electrons. The maximum atomic E-state index is 13.6. The molecule has 47 heavy (non-hydrogen) atoms. The molecule has 0 bridgehead atoms. The summed E-state index contributed by atoms with van der Waals surface area (Å²) >= 11 is 0. The lowest BCUT2D eigenvalue weighted by molar-refractivity contribution is -0.139. The zero-order valence-electron chi connectivity index (χ0n) is 25.4. The largest absolute Gasteiger partial charge is 0.480 e. The Morgan fingerprint density at radius 1 is 0.830 bits per heavy atom. The Morgan fingerprint density at radius 3 is 2.00 bits per heavy atom. The van der Waals surface area contributed by atoms with Crippen LogP contribution in [-0.4, -0.2) is 40.6 Å². The molecule has 3 aromatic carbocycles. The smallest absolute Gasteiger partial charge is 0.336 e. The quantitative estimate of drug-likeness (QED) is 0.230. The average Bonchev–Trinajstić information content (AvgIpc) is 3.62. The van der Waals surface area contributed by atoms with Gasteiger partial charge in [0.2, 0.25) is 0 Å². The molecule has 0 amide bonds. The molecule has 0 saturated carbocycles. The fourth-order valence-corrected chi connectivity index (χ4v) is 6.39. The number of fused-ring (bicyclic) bond motifs is 2. The van der Waals surface area contributed by atoms with Gasteiger partial charge >= 0.3 is 11.7 Å². The number of rotatable bonds is 9. The predicted octanol–water partition coefficient (Wildman–Crippen LogP) is 4.31. The van der Waals surface area contributed by atoms with Gasteiger partial charge in [0, 0.05) is 37.8 Å². The molecule has 1 atom stereocenters. The number of aryl methyl sites for hydroxylation is 1. The Hall–Kier alpha value is -6.13. The second-order valence-electron chi connectivity index (χ2n) is 11.3. The first-order valence-electron chi connectivity index (χ1n) is 15.1. The van der Waals surface area contributed by atoms with Crippen molar-refractivity contribution in [2.45, 2.75) is 18.0 Å². The fraction of sp³-hybridized carbons (Fsp3) is 0.108. The minimum Gasteiger partial charge on any atom is -0.480 e. The molecular weight excluding hydrogens is 592 g/mol. The van der Waals surface area contributed by atoms with Gasteiger partial charge in [-0.05, 0) is 34.9 Å². The number of imidazole rings is 1. The molecule has 232 valence electrons. The zero-order chi connectivity index (χ0) is 32.5. The standard InChI is InChI=1S/C37H30N6O4/c1-41-32-24-38-20-19-29(32)34(44)43(36(41)47)31-18-17-28(42-22-21-39-33(31)42)23-30(35(45)46)40-37(25-11-5-2-6-12-25,26-13-7-3-8-14-26)27-15-9-4-10-16-27/h2-22,24,30,40H,23H2,1H3,(H,45,46). The first kappa shape index (κ1) is 29.6. The highest BCUT2D eigenvalue weighted by Gasteiger charge is 2.40. The maximum Gasteiger partial charge on any atom is 0.336 e. The molecule has 4 aromatic heterocycles. The van der Waals surface area contributed by atoms with Gasteiger partial charge in [-0.3, -0.25) is 24.5 Å². The van der Waals surface area contributed by atoms with Gasteiger partial charge in [0.15, 0.2) is 5.65 Å². The highest BCUT2D eigenvalue weighted by atomic mass is 16.4. The lowest BCUT2D eigenvalue weighted by atomic mass is 9.76. The van der Waals surface area contributed by atoms with E-state index < -0.39 is 28.8 Å². The summed E-state index contributed by atoms with van der Waals surface area (Å²) in [5, 5.41) is 14.6. The highest BCUT2D eigenvalue weighted by molar-refractivity contribution is 5.78. The SMILES string of the molecule is Cn1c(=O)n(-c2ccc(CC(NC(c3ccccc3)(c3ccccc3)c3ccccc3)C(=O)O)n3ccnc23)c(=O)c2ccncc21. The Morgan fingerprint density at radius 2 is 1.43 bits per heavy atom. The monoisotopic (exact) mass is 622 g/mol. The topological polar surface area (TPSA) is 124 Å². The average molecular weight is 623 g/mol. The van der Waals surface area contributed by atoms with Gasteiger partial charge in [0.1, 0.15) is 6.04 Å². The third-order valence-electron chi connectivity index (χ3n) is 8.65. The van der Waals surface area contributed by atoms with Crippen molar-refractivity contribution in [2.75, 3.05) is 0 Å². The van der Waals surface area contributed by atoms with E-state index in [9.17, 15) is 19.5 Å². The number of nitrogens with one attached hydrogen (secondary N) is 1. The number of carboxylic acid groups (broad SMARTS) is 1. The van der Waals surface area contributed by atoms with Crippen LogP contribution in [0.1, 0.15) is 22.4 Å². The number of hydrogen-bond acceptors (Lipinski definition) is 6. The summed E-state index contributed by atoms with van der Waals surface area (Å²) in [7, 11) is 1.58. The van der Waals surface area contributed by atoms with Gasteiger partial charge in [-0.25, -0.2) is 14.3 Å². The minimum absolute atomic E-state index is 0.0625. The molecule has 7 aromatic rings. The number of aliphatic carboxylic acids is 1. The van der Waals surface area contributed by atoms with Gasteiger partial charge in [0.05, 0.1) is 28.3 Å². The van der Waals surface area contributed by atoms with Crippen LogP contribution in [0.3, 0.4) is 0 Å². The Labute approximate surface area is 268 Å². The number of nitrogens with zero attached hydrogens (tertiary/aromatic N) is 5. The molecular formula is C37H30N6O4. The number of carbonyl (C=O) groups is 1. The van der Waals surface area contributed by atoms with Gasteiger partial charge in [-0.1, -0.05) is 91.0 Å². The van der Waals surface area contributed by atoms with Crippen LogP contribution < -0.4 is 16.6 Å². The normalized spacial score (nSPS) is 12.4. The van der Waals surface area contributed by atoms with Crippen LogP contribution in [0.4, 0.5) is 0 Å². The van der Waals surface area contributed by atoms with Gasteiger partial charge in [-0.15, -0.1) is 0 Å². The van der Waals surface area contributed by atoms with Crippen LogP contribution in [0.2, 0.25) is 0 Å². The highest BCUT2D eigenvalue weighted by Crippen LogP contribution is 2.37. The summed E-state index contributed by atoms with van der Waals surface area (Å²) in [5.41, 5.74) is 2.27. The minimum atomic E-state index is -1.07. The zero-order valence-corrected chi connectivity index (χ0v) is 25.4. The van der Waals surface area contributed by atoms with Crippen molar-refractivity contribution in [1.29, 1.82) is 0 Å². The van der Waals surface area contributed by atoms with Crippen molar-refractivity contribution in [3.05, 3.63) is 177 Å². The van der Waals surface area contributed by atoms with Crippen molar-refractivity contribution in [2.24, 2.45) is 7.05 Å². The van der Waals surface area contributed by atoms with E-state index in [1.165, 1.54) is 17.0 Å². The third-order valence-corrected chi connectivity index (χ3v) is 8.65. The fourth-order valence-electron chi connectivity index (χ4n) is 6.39. The molecule has 0 aliphatic rings. The lowest BCUT2D eigenvalue weighted by Crippen LogP contribution is -2.53. The van der Waals surface area contributed by atoms with Crippen LogP contribution in [0.5, 0.6) is 0 Å². The lowest BCUT2D eigenvalue weighted by Gasteiger charge is -2.39. The molecule has 1 unspecified atom stereocenters. The summed E-state index contributed by atoms with van der Waals surface area (Å²) in [4.78, 5) is 48.7. The predicted molar refractivity (Wildman–Crippen MR) is 179 cm³/mol. The molecule has 0 spiro atoms. The summed E-state index contributed by atoms with van der Waals surface area (Å²) in [6, 6.07) is 33.3. The Kier molecular flexibility index (Phi) is 7.55. The van der Waals surface area contributed by atoms with Crippen LogP contribution in [0.25, 0.3) is 22.2 Å². The first-order valence-corrected chi connectivity index (χ1v) is 15.1. The molecule has 7 rings (SSSR count). The summed E-state index contributed by atoms with van der Waals surface area (Å²) < 4.78 is 4.19. The summed E-state index contributed by atoms with van der Waals surface area (Å²) in [6.07, 6.45) is 6.32. The number of benzene rings is 3. The van der Waals surface area contributed by atoms with Crippen molar-refractivity contribution >= 4 is 22.5 Å². The molecule has 0 aliphatic heterocycles. The third kappa shape index (κ3) is 5.01. The van der Waals surface area contributed by atoms with Crippen molar-refractivity contribution in [3.63, 3.8) is 0 Å². The summed E-state index contributed by atoms with van der Waals surface area (Å²) in [6.45, 7) is 0. The summed E-state index contributed by atoms with van der Waals surface area (Å²) in [5.74, 6) is -1.04. The van der Waals surface area contributed by atoms with E-state index in [0.29, 0.717) is 22.2 Å². The van der Waals surface area contributed by atoms with Crippen molar-refractivity contribution in [1.82, 2.24) is 28.8 Å². The Balaban J connectivity index is 1.36. The van der Waals surface area contributed by atoms with E-state index in [1.807, 2.05) is 91.0 Å². The van der Waals surface area contributed by atoms with Crippen LogP contribution in [-0.2, 0) is 23.8 Å². The first-order chi connectivity index (χ1) is 22.9. The number of carboxylic acids is 1. The van der Waals surface area contributed by atoms with Crippen molar-refractivity contribution < 1.29 is 9.90 Å². The maximum absolute atomic E-state index is 13.6. The molecule has 2 N–H and O–H groups in total. The van der Waals surface area contributed by atoms with Crippen LogP contribution in [0, 0.1) is 0 Å². The molecule has 0 fully saturated rings. The number of pyridine rings is 2. The van der Waals surface area contributed by atoms with Gasteiger partial charge in [-0.2, -0.15) is 0 Å². The van der Waals surface area contributed by atoms with E-state index in [-0.39, 0.29) is 12.1 Å². The number of aromatic nitrogens is 5. The molecule has 0 aliphatic carbocycles. The van der Waals surface area contributed by atoms with E-state index in [0.717, 1.165) is 21.3 Å². The van der Waals surface area contributed by atoms with Gasteiger partial charge < -0.3 is 9.51 Å². The van der Waals surface area contributed by atoms with Crippen LogP contribution >= 0.6 is 0 Å². The number of hydrogen-bond donors (Lipinski definition) is 2. The molecule has 10 nitrogen and oxygen atoms in total. The van der Waals surface area contributed by atoms with Gasteiger partial charge in [0.25, 0.3) is 5.56 Å². The Bertz CT molecular complexity index is 2250. The molecule has 4 heterocycles. The van der Waals surface area contributed by atoms with E-state index in [2.05, 4.69) is 15.3 Å². The second-order valence-corrected chi connectivity index (χ2v) is 11.3.